The van der Waals surface area contributed by atoms with Crippen molar-refractivity contribution < 1.29 is 14.2 Å². The van der Waals surface area contributed by atoms with Crippen LogP contribution in [0.15, 0.2) is 60.7 Å². The zero-order valence-electron chi connectivity index (χ0n) is 18.5. The maximum absolute atomic E-state index is 6.21. The molecule has 31 heavy (non-hydrogen) atoms. The quantitative estimate of drug-likeness (QED) is 0.380. The number of nitrogens with zero attached hydrogens (tertiary/aromatic N) is 1. The van der Waals surface area contributed by atoms with Crippen LogP contribution in [0.4, 0.5) is 11.4 Å². The minimum Gasteiger partial charge on any atom is -0.493 e. The van der Waals surface area contributed by atoms with Crippen LogP contribution in [-0.2, 0) is 12.8 Å². The Morgan fingerprint density at radius 2 is 1.65 bits per heavy atom. The smallest absolute Gasteiger partial charge is 0.160 e. The molecule has 0 saturated heterocycles. The van der Waals surface area contributed by atoms with Crippen LogP contribution in [0.2, 0.25) is 0 Å². The summed E-state index contributed by atoms with van der Waals surface area (Å²) < 4.78 is 16.9. The fourth-order valence-electron chi connectivity index (χ4n) is 3.92. The van der Waals surface area contributed by atoms with Crippen molar-refractivity contribution in [1.82, 2.24) is 4.90 Å². The van der Waals surface area contributed by atoms with Gasteiger partial charge in [-0.2, -0.15) is 0 Å². The molecule has 0 amide bonds. The summed E-state index contributed by atoms with van der Waals surface area (Å²) >= 11 is 0. The van der Waals surface area contributed by atoms with Crippen LogP contribution in [0, 0.1) is 0 Å². The van der Waals surface area contributed by atoms with Gasteiger partial charge in [-0.15, -0.1) is 0 Å². The van der Waals surface area contributed by atoms with Crippen LogP contribution in [0.1, 0.15) is 17.5 Å². The average Bonchev–Trinajstić information content (AvgIpc) is 2.81. The second-order valence-corrected chi connectivity index (χ2v) is 7.86. The van der Waals surface area contributed by atoms with Crippen LogP contribution < -0.4 is 19.5 Å². The van der Waals surface area contributed by atoms with Crippen molar-refractivity contribution in [2.45, 2.75) is 19.3 Å². The van der Waals surface area contributed by atoms with Crippen molar-refractivity contribution in [3.05, 3.63) is 71.8 Å². The summed E-state index contributed by atoms with van der Waals surface area (Å²) in [6.45, 7) is 2.02. The monoisotopic (exact) mass is 418 g/mol. The lowest BCUT2D eigenvalue weighted by molar-refractivity contribution is 0.331. The molecule has 0 aliphatic carbocycles. The molecule has 162 valence electrons. The molecule has 1 aliphatic rings. The fraction of sp³-hybridized carbons (Fsp3) is 0.308. The molecule has 0 saturated carbocycles. The van der Waals surface area contributed by atoms with E-state index in [0.29, 0.717) is 0 Å². The number of nitrogens with one attached hydrogen (secondary N) is 1. The number of rotatable bonds is 9. The highest BCUT2D eigenvalue weighted by Crippen LogP contribution is 2.43. The number of benzene rings is 3. The molecule has 4 rings (SSSR count). The summed E-state index contributed by atoms with van der Waals surface area (Å²) in [5.41, 5.74) is 4.55. The van der Waals surface area contributed by atoms with E-state index in [9.17, 15) is 0 Å². The van der Waals surface area contributed by atoms with Crippen LogP contribution >= 0.6 is 0 Å². The van der Waals surface area contributed by atoms with Crippen molar-refractivity contribution >= 4 is 11.4 Å². The third-order valence-corrected chi connectivity index (χ3v) is 5.68. The highest BCUT2D eigenvalue weighted by Gasteiger charge is 2.18. The molecule has 5 heteroatoms. The highest BCUT2D eigenvalue weighted by atomic mass is 16.5. The van der Waals surface area contributed by atoms with Gasteiger partial charge in [0.1, 0.15) is 0 Å². The molecule has 0 radical (unpaired) electrons. The molecule has 0 unspecified atom stereocenters. The maximum Gasteiger partial charge on any atom is 0.160 e. The number of ether oxygens (including phenoxy) is 3. The number of para-hydroxylation sites is 3. The van der Waals surface area contributed by atoms with E-state index in [2.05, 4.69) is 47.6 Å². The van der Waals surface area contributed by atoms with Gasteiger partial charge in [-0.3, -0.25) is 0 Å². The summed E-state index contributed by atoms with van der Waals surface area (Å²) in [5.74, 6) is 3.39. The number of hydrogen-bond donors (Lipinski definition) is 1. The van der Waals surface area contributed by atoms with Crippen LogP contribution in [0.25, 0.3) is 0 Å². The number of methoxy groups -OCH3 is 2. The van der Waals surface area contributed by atoms with E-state index >= 15 is 0 Å². The zero-order valence-corrected chi connectivity index (χ0v) is 18.5. The molecule has 5 nitrogen and oxygen atoms in total. The van der Waals surface area contributed by atoms with Crippen molar-refractivity contribution in [1.29, 1.82) is 0 Å². The molecule has 0 bridgehead atoms. The van der Waals surface area contributed by atoms with Crippen LogP contribution in [-0.4, -0.2) is 39.3 Å². The van der Waals surface area contributed by atoms with Gasteiger partial charge >= 0.3 is 0 Å². The van der Waals surface area contributed by atoms with E-state index in [0.717, 1.165) is 66.7 Å². The van der Waals surface area contributed by atoms with E-state index in [-0.39, 0.29) is 0 Å². The fourth-order valence-corrected chi connectivity index (χ4v) is 3.92. The number of aryl methyl sites for hydroxylation is 1. The van der Waals surface area contributed by atoms with Gasteiger partial charge in [0.2, 0.25) is 0 Å². The molecule has 3 aromatic carbocycles. The van der Waals surface area contributed by atoms with Gasteiger partial charge in [0.15, 0.2) is 23.0 Å². The Labute approximate surface area is 184 Å². The second kappa shape index (κ2) is 9.75. The SMILES string of the molecule is COc1ccc(CCN(C)CCCc2cccc3c2Oc2ccccc2N3)cc1OC. The predicted molar refractivity (Wildman–Crippen MR) is 125 cm³/mol. The molecule has 0 fully saturated rings. The first kappa shape index (κ1) is 21.1. The van der Waals surface area contributed by atoms with Crippen molar-refractivity contribution in [2.24, 2.45) is 0 Å². The highest BCUT2D eigenvalue weighted by molar-refractivity contribution is 5.76. The lowest BCUT2D eigenvalue weighted by Crippen LogP contribution is -2.23. The van der Waals surface area contributed by atoms with Crippen LogP contribution in [0.3, 0.4) is 0 Å². The largest absolute Gasteiger partial charge is 0.493 e. The molecule has 0 atom stereocenters. The third kappa shape index (κ3) is 4.94. The van der Waals surface area contributed by atoms with E-state index in [1.165, 1.54) is 11.1 Å². The third-order valence-electron chi connectivity index (χ3n) is 5.68. The first-order valence-electron chi connectivity index (χ1n) is 10.7. The summed E-state index contributed by atoms with van der Waals surface area (Å²) in [7, 11) is 5.51. The Balaban J connectivity index is 1.29. The Morgan fingerprint density at radius 3 is 2.48 bits per heavy atom. The predicted octanol–water partition coefficient (Wildman–Crippen LogP) is 5.66. The number of fused-ring (bicyclic) bond motifs is 2. The normalized spacial score (nSPS) is 11.9. The number of hydrogen-bond acceptors (Lipinski definition) is 5. The van der Waals surface area contributed by atoms with E-state index in [1.54, 1.807) is 14.2 Å². The summed E-state index contributed by atoms with van der Waals surface area (Å²) in [6.07, 6.45) is 3.03. The molecule has 3 aromatic rings. The molecular weight excluding hydrogens is 388 g/mol. The Bertz CT molecular complexity index is 1030. The first-order chi connectivity index (χ1) is 15.2. The Kier molecular flexibility index (Phi) is 6.63. The molecule has 0 spiro atoms. The summed E-state index contributed by atoms with van der Waals surface area (Å²) in [5, 5.41) is 3.48. The number of likely N-dealkylation sites (N-methyl/N-ethyl adjacent to an activating group) is 1. The van der Waals surface area contributed by atoms with Gasteiger partial charge in [-0.1, -0.05) is 30.3 Å². The molecule has 1 aliphatic heterocycles. The summed E-state index contributed by atoms with van der Waals surface area (Å²) in [6, 6.07) is 20.5. The molecular formula is C26H30N2O3. The Hall–Kier alpha value is -3.18. The van der Waals surface area contributed by atoms with Crippen molar-refractivity contribution in [3.8, 4) is 23.0 Å². The number of anilines is 2. The topological polar surface area (TPSA) is 43.0 Å². The van der Waals surface area contributed by atoms with Crippen LogP contribution in [0.5, 0.6) is 23.0 Å². The van der Waals surface area contributed by atoms with E-state index < -0.39 is 0 Å². The van der Waals surface area contributed by atoms with Gasteiger partial charge in [-0.05, 0) is 74.3 Å². The van der Waals surface area contributed by atoms with Crippen molar-refractivity contribution in [2.75, 3.05) is 39.7 Å². The standard InChI is InChI=1S/C26H30N2O3/c1-28(17-15-19-13-14-24(29-2)25(18-19)30-3)16-7-9-20-8-6-11-22-26(20)31-23-12-5-4-10-21(23)27-22/h4-6,8,10-14,18,27H,7,9,15-17H2,1-3H3. The zero-order chi connectivity index (χ0) is 21.6. The van der Waals surface area contributed by atoms with E-state index in [4.69, 9.17) is 14.2 Å². The van der Waals surface area contributed by atoms with Gasteiger partial charge in [0.25, 0.3) is 0 Å². The molecule has 1 N–H and O–H groups in total. The summed E-state index contributed by atoms with van der Waals surface area (Å²) in [4.78, 5) is 2.38. The maximum atomic E-state index is 6.21. The van der Waals surface area contributed by atoms with Crippen molar-refractivity contribution in [3.63, 3.8) is 0 Å². The van der Waals surface area contributed by atoms with Gasteiger partial charge in [0, 0.05) is 6.54 Å². The van der Waals surface area contributed by atoms with Gasteiger partial charge in [-0.25, -0.2) is 0 Å². The lowest BCUT2D eigenvalue weighted by Gasteiger charge is -2.24. The Morgan fingerprint density at radius 1 is 0.839 bits per heavy atom. The minimum atomic E-state index is 0.769. The minimum absolute atomic E-state index is 0.769. The average molecular weight is 419 g/mol. The molecule has 0 aromatic heterocycles. The van der Waals surface area contributed by atoms with E-state index in [1.807, 2.05) is 30.3 Å². The van der Waals surface area contributed by atoms with Gasteiger partial charge < -0.3 is 24.4 Å². The molecule has 1 heterocycles. The first-order valence-corrected chi connectivity index (χ1v) is 10.7. The van der Waals surface area contributed by atoms with Gasteiger partial charge in [0.05, 0.1) is 25.6 Å². The lowest BCUT2D eigenvalue weighted by atomic mass is 10.1. The second-order valence-electron chi connectivity index (χ2n) is 7.86.